The summed E-state index contributed by atoms with van der Waals surface area (Å²) in [4.78, 5) is 20.8. The van der Waals surface area contributed by atoms with E-state index in [1.165, 1.54) is 31.3 Å². The quantitative estimate of drug-likeness (QED) is 0.556. The Balaban J connectivity index is 2.46. The number of nitrogens with zero attached hydrogens (tertiary/aromatic N) is 3. The van der Waals surface area contributed by atoms with Gasteiger partial charge in [-0.25, -0.2) is 4.68 Å². The smallest absolute Gasteiger partial charge is 0.399 e. The van der Waals surface area contributed by atoms with Gasteiger partial charge in [-0.2, -0.15) is 5.10 Å². The average Bonchev–Trinajstić information content (AvgIpc) is 2.71. The van der Waals surface area contributed by atoms with Crippen LogP contribution in [0.2, 0.25) is 0 Å². The van der Waals surface area contributed by atoms with Crippen LogP contribution in [0.5, 0.6) is 0 Å². The zero-order valence-electron chi connectivity index (χ0n) is 8.28. The number of aromatic nitrogens is 2. The number of furan rings is 1. The van der Waals surface area contributed by atoms with Crippen LogP contribution in [-0.2, 0) is 7.05 Å². The van der Waals surface area contributed by atoms with Crippen LogP contribution in [-0.4, -0.2) is 14.7 Å². The molecule has 7 nitrogen and oxygen atoms in total. The highest BCUT2D eigenvalue weighted by Crippen LogP contribution is 2.23. The minimum atomic E-state index is -0.633. The number of rotatable bonds is 2. The Hall–Kier alpha value is -2.44. The van der Waals surface area contributed by atoms with Crippen LogP contribution in [0, 0.1) is 10.1 Å². The van der Waals surface area contributed by atoms with E-state index in [0.717, 1.165) is 4.68 Å². The second kappa shape index (κ2) is 3.61. The molecule has 2 aromatic heterocycles. The molecular weight excluding hydrogens is 214 g/mol. The van der Waals surface area contributed by atoms with Crippen LogP contribution in [0.4, 0.5) is 5.88 Å². The molecule has 0 aliphatic carbocycles. The predicted octanol–water partition coefficient (Wildman–Crippen LogP) is 0.948. The van der Waals surface area contributed by atoms with Crippen molar-refractivity contribution >= 4 is 5.88 Å². The van der Waals surface area contributed by atoms with Crippen molar-refractivity contribution in [3.8, 4) is 11.5 Å². The summed E-state index contributed by atoms with van der Waals surface area (Å²) in [7, 11) is 1.49. The Kier molecular flexibility index (Phi) is 2.28. The molecule has 2 heterocycles. The number of aryl methyl sites for hydroxylation is 1. The lowest BCUT2D eigenvalue weighted by molar-refractivity contribution is -0.401. The highest BCUT2D eigenvalue weighted by molar-refractivity contribution is 5.52. The minimum absolute atomic E-state index is 0.252. The van der Waals surface area contributed by atoms with Crippen molar-refractivity contribution in [3.63, 3.8) is 0 Å². The van der Waals surface area contributed by atoms with E-state index in [1.54, 1.807) is 0 Å². The summed E-state index contributed by atoms with van der Waals surface area (Å²) >= 11 is 0. The second-order valence-electron chi connectivity index (χ2n) is 3.08. The molecule has 0 saturated heterocycles. The van der Waals surface area contributed by atoms with E-state index in [-0.39, 0.29) is 17.2 Å². The van der Waals surface area contributed by atoms with E-state index >= 15 is 0 Å². The highest BCUT2D eigenvalue weighted by Gasteiger charge is 2.14. The van der Waals surface area contributed by atoms with Gasteiger partial charge in [0.15, 0.2) is 5.76 Å². The average molecular weight is 221 g/mol. The van der Waals surface area contributed by atoms with Gasteiger partial charge >= 0.3 is 5.88 Å². The molecule has 0 radical (unpaired) electrons. The van der Waals surface area contributed by atoms with Crippen molar-refractivity contribution in [2.75, 3.05) is 0 Å². The SMILES string of the molecule is Cn1nc(-c2ccc([N+](=O)[O-])o2)ccc1=O. The fourth-order valence-corrected chi connectivity index (χ4v) is 1.20. The van der Waals surface area contributed by atoms with Crippen molar-refractivity contribution in [2.45, 2.75) is 0 Å². The fraction of sp³-hybridized carbons (Fsp3) is 0.111. The van der Waals surface area contributed by atoms with Gasteiger partial charge in [-0.1, -0.05) is 0 Å². The summed E-state index contributed by atoms with van der Waals surface area (Å²) < 4.78 is 6.08. The maximum Gasteiger partial charge on any atom is 0.433 e. The predicted molar refractivity (Wildman–Crippen MR) is 53.8 cm³/mol. The monoisotopic (exact) mass is 221 g/mol. The van der Waals surface area contributed by atoms with Gasteiger partial charge in [-0.05, 0) is 12.1 Å². The number of nitro groups is 1. The van der Waals surface area contributed by atoms with Crippen molar-refractivity contribution in [1.82, 2.24) is 9.78 Å². The summed E-state index contributed by atoms with van der Waals surface area (Å²) in [6, 6.07) is 5.44. The minimum Gasteiger partial charge on any atom is -0.399 e. The van der Waals surface area contributed by atoms with E-state index in [0.29, 0.717) is 5.69 Å². The largest absolute Gasteiger partial charge is 0.433 e. The first-order chi connectivity index (χ1) is 7.58. The molecule has 2 aromatic rings. The van der Waals surface area contributed by atoms with Crippen molar-refractivity contribution in [1.29, 1.82) is 0 Å². The summed E-state index contributed by atoms with van der Waals surface area (Å²) in [5.41, 5.74) is 0.111. The van der Waals surface area contributed by atoms with Crippen LogP contribution < -0.4 is 5.56 Å². The van der Waals surface area contributed by atoms with Gasteiger partial charge in [-0.3, -0.25) is 14.9 Å². The molecule has 82 valence electrons. The summed E-state index contributed by atoms with van der Waals surface area (Å²) in [6.45, 7) is 0. The molecule has 16 heavy (non-hydrogen) atoms. The molecule has 0 saturated carbocycles. The maximum atomic E-state index is 11.1. The lowest BCUT2D eigenvalue weighted by Gasteiger charge is -1.97. The fourth-order valence-electron chi connectivity index (χ4n) is 1.20. The molecule has 0 aliphatic heterocycles. The zero-order chi connectivity index (χ0) is 11.7. The lowest BCUT2D eigenvalue weighted by atomic mass is 10.3. The van der Waals surface area contributed by atoms with Gasteiger partial charge < -0.3 is 4.42 Å². The Labute approximate surface area is 89.1 Å². The van der Waals surface area contributed by atoms with Gasteiger partial charge in [0.1, 0.15) is 10.6 Å². The first kappa shape index (κ1) is 10.1. The Bertz CT molecular complexity index is 599. The molecule has 0 atom stereocenters. The van der Waals surface area contributed by atoms with Gasteiger partial charge in [0.05, 0.1) is 6.07 Å². The standard InChI is InChI=1S/C9H7N3O4/c1-11-8(13)4-2-6(10-11)7-3-5-9(16-7)12(14)15/h2-5H,1H3. The lowest BCUT2D eigenvalue weighted by Crippen LogP contribution is -2.18. The number of hydrogen-bond acceptors (Lipinski definition) is 5. The van der Waals surface area contributed by atoms with Gasteiger partial charge in [0.25, 0.3) is 5.56 Å². The molecule has 0 amide bonds. The third-order valence-corrected chi connectivity index (χ3v) is 1.98. The molecule has 0 bridgehead atoms. The van der Waals surface area contributed by atoms with Crippen molar-refractivity contribution < 1.29 is 9.34 Å². The summed E-state index contributed by atoms with van der Waals surface area (Å²) in [5, 5.41) is 14.3. The van der Waals surface area contributed by atoms with Crippen LogP contribution in [0.25, 0.3) is 11.5 Å². The Morgan fingerprint density at radius 3 is 2.69 bits per heavy atom. The molecule has 2 rings (SSSR count). The molecule has 0 spiro atoms. The van der Waals surface area contributed by atoms with Crippen LogP contribution in [0.15, 0.2) is 33.5 Å². The molecule has 0 unspecified atom stereocenters. The van der Waals surface area contributed by atoms with E-state index in [2.05, 4.69) is 5.10 Å². The van der Waals surface area contributed by atoms with Gasteiger partial charge in [-0.15, -0.1) is 0 Å². The summed E-state index contributed by atoms with van der Waals surface area (Å²) in [5.74, 6) is -0.104. The zero-order valence-corrected chi connectivity index (χ0v) is 8.28. The van der Waals surface area contributed by atoms with Crippen molar-refractivity contribution in [3.05, 3.63) is 44.7 Å². The molecule has 0 aromatic carbocycles. The first-order valence-electron chi connectivity index (χ1n) is 4.37. The first-order valence-corrected chi connectivity index (χ1v) is 4.37. The van der Waals surface area contributed by atoms with Crippen molar-refractivity contribution in [2.24, 2.45) is 7.05 Å². The van der Waals surface area contributed by atoms with Crippen LogP contribution in [0.1, 0.15) is 0 Å². The van der Waals surface area contributed by atoms with Gasteiger partial charge in [0, 0.05) is 13.1 Å². The highest BCUT2D eigenvalue weighted by atomic mass is 16.6. The topological polar surface area (TPSA) is 91.2 Å². The van der Waals surface area contributed by atoms with E-state index < -0.39 is 4.92 Å². The van der Waals surface area contributed by atoms with E-state index in [9.17, 15) is 14.9 Å². The van der Waals surface area contributed by atoms with E-state index in [1.807, 2.05) is 0 Å². The third-order valence-electron chi connectivity index (χ3n) is 1.98. The van der Waals surface area contributed by atoms with Crippen LogP contribution in [0.3, 0.4) is 0 Å². The van der Waals surface area contributed by atoms with Crippen LogP contribution >= 0.6 is 0 Å². The third kappa shape index (κ3) is 1.70. The molecule has 0 fully saturated rings. The molecule has 7 heteroatoms. The summed E-state index contributed by atoms with van der Waals surface area (Å²) in [6.07, 6.45) is 0. The second-order valence-corrected chi connectivity index (χ2v) is 3.08. The molecular formula is C9H7N3O4. The van der Waals surface area contributed by atoms with Gasteiger partial charge in [0.2, 0.25) is 0 Å². The van der Waals surface area contributed by atoms with E-state index in [4.69, 9.17) is 4.42 Å². The number of hydrogen-bond donors (Lipinski definition) is 0. The molecule has 0 N–H and O–H groups in total. The molecule has 0 aliphatic rings. The normalized spacial score (nSPS) is 10.3. The maximum absolute atomic E-state index is 11.1. The Morgan fingerprint density at radius 1 is 1.38 bits per heavy atom. The Morgan fingerprint density at radius 2 is 2.12 bits per heavy atom.